The molecule has 1 saturated carbocycles. The molecule has 1 aromatic rings. The van der Waals surface area contributed by atoms with Gasteiger partial charge in [0.25, 0.3) is 0 Å². The summed E-state index contributed by atoms with van der Waals surface area (Å²) in [6.45, 7) is 5.36. The number of anilines is 2. The van der Waals surface area contributed by atoms with Crippen molar-refractivity contribution in [3.05, 3.63) is 11.9 Å². The number of hydrogen-bond acceptors (Lipinski definition) is 5. The van der Waals surface area contributed by atoms with E-state index in [2.05, 4.69) is 41.2 Å². The van der Waals surface area contributed by atoms with Gasteiger partial charge in [-0.15, -0.1) is 0 Å². The average Bonchev–Trinajstić information content (AvgIpc) is 2.90. The van der Waals surface area contributed by atoms with Gasteiger partial charge in [0.05, 0.1) is 0 Å². The molecule has 0 amide bonds. The van der Waals surface area contributed by atoms with Gasteiger partial charge in [-0.25, -0.2) is 15.8 Å². The molecule has 1 heterocycles. The van der Waals surface area contributed by atoms with Crippen LogP contribution in [0.1, 0.15) is 51.0 Å². The van der Waals surface area contributed by atoms with E-state index in [1.54, 1.807) is 6.33 Å². The summed E-state index contributed by atoms with van der Waals surface area (Å²) < 4.78 is 0. The highest BCUT2D eigenvalue weighted by Gasteiger charge is 2.21. The second-order valence-electron chi connectivity index (χ2n) is 5.79. The first-order chi connectivity index (χ1) is 9.13. The largest absolute Gasteiger partial charge is 0.359 e. The highest BCUT2D eigenvalue weighted by Crippen LogP contribution is 2.32. The van der Waals surface area contributed by atoms with E-state index >= 15 is 0 Å². The SMILES string of the molecule is CC(C)c1c(NN)ncnc1N(C)CC1CCCC1. The number of hydrazine groups is 1. The smallest absolute Gasteiger partial charge is 0.148 e. The Kier molecular flexibility index (Phi) is 4.58. The van der Waals surface area contributed by atoms with Crippen LogP contribution < -0.4 is 16.2 Å². The van der Waals surface area contributed by atoms with Crippen molar-refractivity contribution < 1.29 is 0 Å². The number of nitrogens with one attached hydrogen (secondary N) is 1. The lowest BCUT2D eigenvalue weighted by atomic mass is 10.0. The molecule has 0 bridgehead atoms. The molecular weight excluding hydrogens is 238 g/mol. The van der Waals surface area contributed by atoms with E-state index in [1.807, 2.05) is 0 Å². The van der Waals surface area contributed by atoms with Crippen LogP contribution in [-0.2, 0) is 0 Å². The highest BCUT2D eigenvalue weighted by atomic mass is 15.3. The monoisotopic (exact) mass is 263 g/mol. The Morgan fingerprint density at radius 1 is 1.37 bits per heavy atom. The molecule has 3 N–H and O–H groups in total. The number of nitrogen functional groups attached to an aromatic ring is 1. The topological polar surface area (TPSA) is 67.1 Å². The summed E-state index contributed by atoms with van der Waals surface area (Å²) in [4.78, 5) is 10.9. The van der Waals surface area contributed by atoms with Gasteiger partial charge in [0, 0.05) is 19.2 Å². The van der Waals surface area contributed by atoms with E-state index in [-0.39, 0.29) is 0 Å². The van der Waals surface area contributed by atoms with Crippen LogP contribution in [0.2, 0.25) is 0 Å². The Bertz CT molecular complexity index is 412. The Morgan fingerprint density at radius 2 is 2.05 bits per heavy atom. The number of nitrogens with two attached hydrogens (primary N) is 1. The fourth-order valence-electron chi connectivity index (χ4n) is 3.00. The van der Waals surface area contributed by atoms with Crippen LogP contribution in [0, 0.1) is 5.92 Å². The summed E-state index contributed by atoms with van der Waals surface area (Å²) in [6, 6.07) is 0. The molecule has 1 aromatic heterocycles. The lowest BCUT2D eigenvalue weighted by Crippen LogP contribution is -2.27. The zero-order chi connectivity index (χ0) is 13.8. The first-order valence-electron chi connectivity index (χ1n) is 7.16. The second-order valence-corrected chi connectivity index (χ2v) is 5.79. The van der Waals surface area contributed by atoms with Crippen LogP contribution in [0.4, 0.5) is 11.6 Å². The van der Waals surface area contributed by atoms with Gasteiger partial charge in [0.2, 0.25) is 0 Å². The quantitative estimate of drug-likeness (QED) is 0.631. The molecule has 0 aromatic carbocycles. The molecule has 5 heteroatoms. The van der Waals surface area contributed by atoms with Crippen LogP contribution >= 0.6 is 0 Å². The predicted molar refractivity (Wildman–Crippen MR) is 79.2 cm³/mol. The third-order valence-electron chi connectivity index (χ3n) is 3.95. The van der Waals surface area contributed by atoms with E-state index in [0.717, 1.165) is 29.7 Å². The molecule has 2 rings (SSSR count). The zero-order valence-electron chi connectivity index (χ0n) is 12.2. The molecule has 0 aliphatic heterocycles. The molecule has 19 heavy (non-hydrogen) atoms. The summed E-state index contributed by atoms with van der Waals surface area (Å²) >= 11 is 0. The van der Waals surface area contributed by atoms with Gasteiger partial charge >= 0.3 is 0 Å². The van der Waals surface area contributed by atoms with Gasteiger partial charge in [-0.3, -0.25) is 0 Å². The average molecular weight is 263 g/mol. The molecule has 1 aliphatic rings. The van der Waals surface area contributed by atoms with Crippen molar-refractivity contribution >= 4 is 11.6 Å². The van der Waals surface area contributed by atoms with Crippen molar-refractivity contribution in [1.82, 2.24) is 9.97 Å². The summed E-state index contributed by atoms with van der Waals surface area (Å²) in [5.74, 6) is 8.44. The molecule has 0 saturated heterocycles. The molecule has 0 unspecified atom stereocenters. The van der Waals surface area contributed by atoms with Gasteiger partial charge in [-0.05, 0) is 24.7 Å². The normalized spacial score (nSPS) is 16.1. The summed E-state index contributed by atoms with van der Waals surface area (Å²) in [5.41, 5.74) is 3.79. The molecule has 5 nitrogen and oxygen atoms in total. The van der Waals surface area contributed by atoms with Gasteiger partial charge in [-0.1, -0.05) is 26.7 Å². The number of hydrogen-bond donors (Lipinski definition) is 2. The summed E-state index contributed by atoms with van der Waals surface area (Å²) in [7, 11) is 2.12. The summed E-state index contributed by atoms with van der Waals surface area (Å²) in [5, 5.41) is 0. The van der Waals surface area contributed by atoms with E-state index < -0.39 is 0 Å². The zero-order valence-corrected chi connectivity index (χ0v) is 12.2. The molecular formula is C14H25N5. The lowest BCUT2D eigenvalue weighted by Gasteiger charge is -2.26. The number of aromatic nitrogens is 2. The number of nitrogens with zero attached hydrogens (tertiary/aromatic N) is 3. The minimum absolute atomic E-state index is 0.341. The first-order valence-corrected chi connectivity index (χ1v) is 7.16. The molecule has 106 valence electrons. The van der Waals surface area contributed by atoms with Crippen molar-refractivity contribution in [3.8, 4) is 0 Å². The lowest BCUT2D eigenvalue weighted by molar-refractivity contribution is 0.543. The predicted octanol–water partition coefficient (Wildman–Crippen LogP) is 2.51. The Balaban J connectivity index is 2.22. The standard InChI is InChI=1S/C14H25N5/c1-10(2)12-13(18-15)16-9-17-14(12)19(3)8-11-6-4-5-7-11/h9-11H,4-8,15H2,1-3H3,(H,16,17,18). The first kappa shape index (κ1) is 14.1. The molecule has 0 spiro atoms. The van der Waals surface area contributed by atoms with Crippen LogP contribution in [0.3, 0.4) is 0 Å². The second kappa shape index (κ2) is 6.19. The maximum absolute atomic E-state index is 5.56. The van der Waals surface area contributed by atoms with E-state index in [9.17, 15) is 0 Å². The molecule has 0 radical (unpaired) electrons. The number of rotatable bonds is 5. The van der Waals surface area contributed by atoms with Crippen LogP contribution in [0.15, 0.2) is 6.33 Å². The Hall–Kier alpha value is -1.36. The minimum atomic E-state index is 0.341. The van der Waals surface area contributed by atoms with Crippen molar-refractivity contribution in [3.63, 3.8) is 0 Å². The molecule has 1 aliphatic carbocycles. The van der Waals surface area contributed by atoms with E-state index in [1.165, 1.54) is 25.7 Å². The minimum Gasteiger partial charge on any atom is -0.359 e. The fourth-order valence-corrected chi connectivity index (χ4v) is 3.00. The highest BCUT2D eigenvalue weighted by molar-refractivity contribution is 5.59. The van der Waals surface area contributed by atoms with E-state index in [4.69, 9.17) is 5.84 Å². The third kappa shape index (κ3) is 3.15. The van der Waals surface area contributed by atoms with Gasteiger partial charge < -0.3 is 10.3 Å². The van der Waals surface area contributed by atoms with Gasteiger partial charge in [0.1, 0.15) is 18.0 Å². The Labute approximate surface area is 115 Å². The van der Waals surface area contributed by atoms with Crippen molar-refractivity contribution in [1.29, 1.82) is 0 Å². The fraction of sp³-hybridized carbons (Fsp3) is 0.714. The summed E-state index contributed by atoms with van der Waals surface area (Å²) in [6.07, 6.45) is 7.01. The van der Waals surface area contributed by atoms with E-state index in [0.29, 0.717) is 5.92 Å². The van der Waals surface area contributed by atoms with Crippen molar-refractivity contribution in [2.75, 3.05) is 23.9 Å². The van der Waals surface area contributed by atoms with Crippen molar-refractivity contribution in [2.45, 2.75) is 45.4 Å². The maximum Gasteiger partial charge on any atom is 0.148 e. The third-order valence-corrected chi connectivity index (χ3v) is 3.95. The molecule has 0 atom stereocenters. The van der Waals surface area contributed by atoms with Gasteiger partial charge in [0.15, 0.2) is 0 Å². The van der Waals surface area contributed by atoms with Crippen LogP contribution in [-0.4, -0.2) is 23.6 Å². The van der Waals surface area contributed by atoms with Crippen LogP contribution in [0.5, 0.6) is 0 Å². The molecule has 1 fully saturated rings. The van der Waals surface area contributed by atoms with Gasteiger partial charge in [-0.2, -0.15) is 0 Å². The maximum atomic E-state index is 5.56. The van der Waals surface area contributed by atoms with Crippen molar-refractivity contribution in [2.24, 2.45) is 11.8 Å². The van der Waals surface area contributed by atoms with Crippen LogP contribution in [0.25, 0.3) is 0 Å². The Morgan fingerprint density at radius 3 is 2.63 bits per heavy atom.